The monoisotopic (exact) mass is 226 g/mol. The van der Waals surface area contributed by atoms with Gasteiger partial charge in [-0.3, -0.25) is 4.79 Å². The number of thioether (sulfide) groups is 1. The molecule has 1 unspecified atom stereocenters. The topological polar surface area (TPSA) is 46.5 Å². The van der Waals surface area contributed by atoms with Crippen molar-refractivity contribution in [2.45, 2.75) is 17.7 Å². The summed E-state index contributed by atoms with van der Waals surface area (Å²) in [4.78, 5) is 11.9. The van der Waals surface area contributed by atoms with Gasteiger partial charge in [0.15, 0.2) is 0 Å². The lowest BCUT2D eigenvalue weighted by atomic mass is 10.0. The Morgan fingerprint density at radius 2 is 2.20 bits per heavy atom. The van der Waals surface area contributed by atoms with Gasteiger partial charge in [-0.05, 0) is 25.3 Å². The number of rotatable bonds is 4. The van der Waals surface area contributed by atoms with E-state index in [0.29, 0.717) is 5.75 Å². The Kier molecular flexibility index (Phi) is 4.03. The molecule has 15 heavy (non-hydrogen) atoms. The van der Waals surface area contributed by atoms with Crippen LogP contribution < -0.4 is 4.74 Å². The molecule has 1 atom stereocenters. The summed E-state index contributed by atoms with van der Waals surface area (Å²) < 4.78 is 5.18. The number of aliphatic carboxylic acids is 1. The van der Waals surface area contributed by atoms with E-state index < -0.39 is 11.9 Å². The third kappa shape index (κ3) is 2.45. The molecule has 0 saturated carbocycles. The number of carbonyl (C=O) groups is 1. The van der Waals surface area contributed by atoms with Crippen molar-refractivity contribution in [2.24, 2.45) is 0 Å². The van der Waals surface area contributed by atoms with Gasteiger partial charge in [0.05, 0.1) is 13.0 Å². The van der Waals surface area contributed by atoms with Crippen LogP contribution in [-0.2, 0) is 4.79 Å². The van der Waals surface area contributed by atoms with Crippen LogP contribution in [0.25, 0.3) is 0 Å². The maximum absolute atomic E-state index is 11.0. The molecule has 0 aliphatic carbocycles. The van der Waals surface area contributed by atoms with Gasteiger partial charge in [0.25, 0.3) is 0 Å². The van der Waals surface area contributed by atoms with Gasteiger partial charge in [0, 0.05) is 10.5 Å². The van der Waals surface area contributed by atoms with Crippen LogP contribution in [0.5, 0.6) is 5.75 Å². The average molecular weight is 226 g/mol. The molecule has 1 rings (SSSR count). The predicted octanol–water partition coefficient (Wildman–Crippen LogP) is 2.61. The SMILES string of the molecule is COc1cccc(SC)c1C(C)C(=O)O. The van der Waals surface area contributed by atoms with E-state index in [0.717, 1.165) is 10.5 Å². The van der Waals surface area contributed by atoms with E-state index in [1.807, 2.05) is 18.4 Å². The fraction of sp³-hybridized carbons (Fsp3) is 0.364. The largest absolute Gasteiger partial charge is 0.496 e. The summed E-state index contributed by atoms with van der Waals surface area (Å²) in [5, 5.41) is 9.01. The Balaban J connectivity index is 3.27. The van der Waals surface area contributed by atoms with E-state index in [1.54, 1.807) is 20.1 Å². The van der Waals surface area contributed by atoms with E-state index in [4.69, 9.17) is 9.84 Å². The van der Waals surface area contributed by atoms with Gasteiger partial charge in [-0.25, -0.2) is 0 Å². The van der Waals surface area contributed by atoms with Gasteiger partial charge < -0.3 is 9.84 Å². The van der Waals surface area contributed by atoms with Gasteiger partial charge in [0.2, 0.25) is 0 Å². The zero-order valence-corrected chi connectivity index (χ0v) is 9.80. The highest BCUT2D eigenvalue weighted by molar-refractivity contribution is 7.98. The second-order valence-corrected chi connectivity index (χ2v) is 3.98. The zero-order chi connectivity index (χ0) is 11.4. The normalized spacial score (nSPS) is 12.2. The first-order valence-corrected chi connectivity index (χ1v) is 5.78. The van der Waals surface area contributed by atoms with Crippen molar-refractivity contribution in [1.29, 1.82) is 0 Å². The van der Waals surface area contributed by atoms with Crippen LogP contribution in [0, 0.1) is 0 Å². The summed E-state index contributed by atoms with van der Waals surface area (Å²) >= 11 is 1.53. The van der Waals surface area contributed by atoms with Crippen LogP contribution in [0.4, 0.5) is 0 Å². The van der Waals surface area contributed by atoms with Crippen molar-refractivity contribution in [3.05, 3.63) is 23.8 Å². The van der Waals surface area contributed by atoms with Crippen molar-refractivity contribution in [3.8, 4) is 5.75 Å². The molecule has 0 fully saturated rings. The quantitative estimate of drug-likeness (QED) is 0.802. The third-order valence-corrected chi connectivity index (χ3v) is 3.07. The minimum Gasteiger partial charge on any atom is -0.496 e. The number of benzene rings is 1. The second kappa shape index (κ2) is 5.07. The summed E-state index contributed by atoms with van der Waals surface area (Å²) in [5.41, 5.74) is 0.750. The molecule has 0 bridgehead atoms. The standard InChI is InChI=1S/C11H14O3S/c1-7(11(12)13)10-8(14-2)5-4-6-9(10)15-3/h4-7H,1-3H3,(H,12,13). The number of ether oxygens (including phenoxy) is 1. The number of hydrogen-bond acceptors (Lipinski definition) is 3. The van der Waals surface area contributed by atoms with E-state index in [9.17, 15) is 4.79 Å². The van der Waals surface area contributed by atoms with Crippen molar-refractivity contribution in [2.75, 3.05) is 13.4 Å². The summed E-state index contributed by atoms with van der Waals surface area (Å²) in [6.07, 6.45) is 1.92. The highest BCUT2D eigenvalue weighted by Crippen LogP contribution is 2.34. The second-order valence-electron chi connectivity index (χ2n) is 3.14. The average Bonchev–Trinajstić information content (AvgIpc) is 2.26. The number of methoxy groups -OCH3 is 1. The van der Waals surface area contributed by atoms with Gasteiger partial charge in [-0.15, -0.1) is 11.8 Å². The Bertz CT molecular complexity index is 341. The van der Waals surface area contributed by atoms with Crippen molar-refractivity contribution in [3.63, 3.8) is 0 Å². The lowest BCUT2D eigenvalue weighted by Gasteiger charge is -2.15. The molecule has 0 heterocycles. The smallest absolute Gasteiger partial charge is 0.310 e. The minimum absolute atomic E-state index is 0.552. The third-order valence-electron chi connectivity index (χ3n) is 2.27. The molecule has 1 aromatic rings. The van der Waals surface area contributed by atoms with Crippen LogP contribution in [0.2, 0.25) is 0 Å². The highest BCUT2D eigenvalue weighted by atomic mass is 32.2. The molecule has 1 N–H and O–H groups in total. The lowest BCUT2D eigenvalue weighted by Crippen LogP contribution is -2.10. The molecule has 0 aromatic heterocycles. The molecule has 0 aliphatic heterocycles. The predicted molar refractivity (Wildman–Crippen MR) is 60.8 cm³/mol. The Morgan fingerprint density at radius 1 is 1.53 bits per heavy atom. The molecule has 0 spiro atoms. The molecule has 82 valence electrons. The molecule has 0 amide bonds. The molecule has 1 aromatic carbocycles. The maximum atomic E-state index is 11.0. The van der Waals surface area contributed by atoms with Crippen molar-refractivity contribution < 1.29 is 14.6 Å². The summed E-state index contributed by atoms with van der Waals surface area (Å²) in [6.45, 7) is 1.67. The zero-order valence-electron chi connectivity index (χ0n) is 8.98. The van der Waals surface area contributed by atoms with Gasteiger partial charge in [0.1, 0.15) is 5.75 Å². The fourth-order valence-corrected chi connectivity index (χ4v) is 2.14. The van der Waals surface area contributed by atoms with E-state index in [2.05, 4.69) is 0 Å². The first-order chi connectivity index (χ1) is 7.11. The highest BCUT2D eigenvalue weighted by Gasteiger charge is 2.21. The summed E-state index contributed by atoms with van der Waals surface area (Å²) in [7, 11) is 1.55. The minimum atomic E-state index is -0.838. The van der Waals surface area contributed by atoms with Crippen molar-refractivity contribution in [1.82, 2.24) is 0 Å². The number of carboxylic acid groups (broad SMARTS) is 1. The van der Waals surface area contributed by atoms with E-state index in [-0.39, 0.29) is 0 Å². The Hall–Kier alpha value is -1.16. The van der Waals surface area contributed by atoms with E-state index in [1.165, 1.54) is 11.8 Å². The first kappa shape index (κ1) is 11.9. The van der Waals surface area contributed by atoms with Crippen LogP contribution in [0.1, 0.15) is 18.4 Å². The van der Waals surface area contributed by atoms with Crippen LogP contribution in [0.15, 0.2) is 23.1 Å². The fourth-order valence-electron chi connectivity index (χ4n) is 1.43. The van der Waals surface area contributed by atoms with Crippen molar-refractivity contribution >= 4 is 17.7 Å². The maximum Gasteiger partial charge on any atom is 0.310 e. The van der Waals surface area contributed by atoms with E-state index >= 15 is 0 Å². The van der Waals surface area contributed by atoms with Crippen LogP contribution >= 0.6 is 11.8 Å². The Morgan fingerprint density at radius 3 is 2.67 bits per heavy atom. The lowest BCUT2D eigenvalue weighted by molar-refractivity contribution is -0.138. The molecule has 0 saturated heterocycles. The molecule has 3 nitrogen and oxygen atoms in total. The van der Waals surface area contributed by atoms with Crippen LogP contribution in [-0.4, -0.2) is 24.4 Å². The first-order valence-electron chi connectivity index (χ1n) is 4.55. The molecule has 4 heteroatoms. The molecule has 0 radical (unpaired) electrons. The molecular formula is C11H14O3S. The molecular weight excluding hydrogens is 212 g/mol. The summed E-state index contributed by atoms with van der Waals surface area (Å²) in [5.74, 6) is -0.754. The summed E-state index contributed by atoms with van der Waals surface area (Å²) in [6, 6.07) is 5.55. The molecule has 0 aliphatic rings. The number of carboxylic acids is 1. The van der Waals surface area contributed by atoms with Gasteiger partial charge >= 0.3 is 5.97 Å². The van der Waals surface area contributed by atoms with Gasteiger partial charge in [-0.1, -0.05) is 6.07 Å². The van der Waals surface area contributed by atoms with Crippen LogP contribution in [0.3, 0.4) is 0 Å². The van der Waals surface area contributed by atoms with Gasteiger partial charge in [-0.2, -0.15) is 0 Å². The number of hydrogen-bond donors (Lipinski definition) is 1. The Labute approximate surface area is 93.4 Å².